The summed E-state index contributed by atoms with van der Waals surface area (Å²) in [6.07, 6.45) is 5.94. The van der Waals surface area contributed by atoms with Gasteiger partial charge in [0.2, 0.25) is 11.8 Å². The Morgan fingerprint density at radius 3 is 3.00 bits per heavy atom. The van der Waals surface area contributed by atoms with E-state index in [1.165, 1.54) is 6.33 Å². The summed E-state index contributed by atoms with van der Waals surface area (Å²) in [5.74, 6) is 0.837. The van der Waals surface area contributed by atoms with Gasteiger partial charge in [0.15, 0.2) is 0 Å². The van der Waals surface area contributed by atoms with Crippen molar-refractivity contribution < 1.29 is 9.59 Å². The van der Waals surface area contributed by atoms with Gasteiger partial charge in [0.1, 0.15) is 12.7 Å². The lowest BCUT2D eigenvalue weighted by Crippen LogP contribution is -2.57. The molecule has 2 aliphatic heterocycles. The van der Waals surface area contributed by atoms with E-state index in [-0.39, 0.29) is 11.8 Å². The SMILES string of the molecule is CNCCN1C(=O)CC[C@H]2CN(C(=O)CCn3cncn3)CC[C@H]21. The predicted molar refractivity (Wildman–Crippen MR) is 88.0 cm³/mol. The van der Waals surface area contributed by atoms with Crippen molar-refractivity contribution in [2.45, 2.75) is 38.3 Å². The van der Waals surface area contributed by atoms with Gasteiger partial charge in [-0.25, -0.2) is 4.98 Å². The Morgan fingerprint density at radius 2 is 2.25 bits per heavy atom. The highest BCUT2D eigenvalue weighted by atomic mass is 16.2. The standard InChI is InChI=1S/C16H26N6O2/c1-17-6-9-22-14-4-7-20(10-13(14)2-3-16(22)24)15(23)5-8-21-12-18-11-19-21/h11-14,17H,2-10H2,1H3/t13-,14+/m0/s1. The summed E-state index contributed by atoms with van der Waals surface area (Å²) in [5.41, 5.74) is 0. The number of hydrogen-bond acceptors (Lipinski definition) is 5. The Bertz CT molecular complexity index is 561. The molecule has 2 aliphatic rings. The van der Waals surface area contributed by atoms with E-state index in [9.17, 15) is 9.59 Å². The van der Waals surface area contributed by atoms with E-state index >= 15 is 0 Å². The number of fused-ring (bicyclic) bond motifs is 1. The maximum absolute atomic E-state index is 12.5. The highest BCUT2D eigenvalue weighted by Gasteiger charge is 2.39. The van der Waals surface area contributed by atoms with Crippen molar-refractivity contribution in [1.82, 2.24) is 29.9 Å². The number of hydrogen-bond donors (Lipinski definition) is 1. The second kappa shape index (κ2) is 7.74. The van der Waals surface area contributed by atoms with Crippen molar-refractivity contribution in [3.05, 3.63) is 12.7 Å². The summed E-state index contributed by atoms with van der Waals surface area (Å²) < 4.78 is 1.68. The van der Waals surface area contributed by atoms with Gasteiger partial charge in [-0.1, -0.05) is 0 Å². The van der Waals surface area contributed by atoms with E-state index in [0.717, 1.165) is 39.0 Å². The van der Waals surface area contributed by atoms with Crippen LogP contribution in [0.15, 0.2) is 12.7 Å². The Hall–Kier alpha value is -1.96. The van der Waals surface area contributed by atoms with Crippen LogP contribution in [0.2, 0.25) is 0 Å². The molecule has 2 fully saturated rings. The molecule has 0 aliphatic carbocycles. The molecule has 1 N–H and O–H groups in total. The Labute approximate surface area is 142 Å². The van der Waals surface area contributed by atoms with E-state index in [4.69, 9.17) is 0 Å². The van der Waals surface area contributed by atoms with Crippen LogP contribution in [0, 0.1) is 5.92 Å². The zero-order chi connectivity index (χ0) is 16.9. The van der Waals surface area contributed by atoms with Crippen LogP contribution in [0.4, 0.5) is 0 Å². The van der Waals surface area contributed by atoms with Gasteiger partial charge in [0.25, 0.3) is 0 Å². The average molecular weight is 334 g/mol. The average Bonchev–Trinajstić information content (AvgIpc) is 3.12. The van der Waals surface area contributed by atoms with Crippen molar-refractivity contribution in [3.63, 3.8) is 0 Å². The molecule has 2 saturated heterocycles. The summed E-state index contributed by atoms with van der Waals surface area (Å²) in [6.45, 7) is 3.65. The first-order chi connectivity index (χ1) is 11.7. The number of carbonyl (C=O) groups is 2. The van der Waals surface area contributed by atoms with E-state index in [0.29, 0.717) is 31.3 Å². The minimum atomic E-state index is 0.169. The number of likely N-dealkylation sites (tertiary alicyclic amines) is 2. The van der Waals surface area contributed by atoms with Gasteiger partial charge in [-0.15, -0.1) is 0 Å². The number of nitrogens with one attached hydrogen (secondary N) is 1. The summed E-state index contributed by atoms with van der Waals surface area (Å²) >= 11 is 0. The molecule has 24 heavy (non-hydrogen) atoms. The van der Waals surface area contributed by atoms with Gasteiger partial charge < -0.3 is 15.1 Å². The van der Waals surface area contributed by atoms with Gasteiger partial charge in [-0.05, 0) is 25.8 Å². The van der Waals surface area contributed by atoms with Crippen LogP contribution in [0.25, 0.3) is 0 Å². The summed E-state index contributed by atoms with van der Waals surface area (Å²) in [5, 5.41) is 7.15. The Balaban J connectivity index is 1.54. The van der Waals surface area contributed by atoms with Crippen LogP contribution >= 0.6 is 0 Å². The second-order valence-corrected chi connectivity index (χ2v) is 6.59. The molecule has 3 heterocycles. The normalized spacial score (nSPS) is 24.1. The molecule has 0 unspecified atom stereocenters. The molecule has 8 heteroatoms. The number of nitrogens with zero attached hydrogens (tertiary/aromatic N) is 5. The molecule has 1 aromatic heterocycles. The topological polar surface area (TPSA) is 83.4 Å². The molecule has 3 rings (SSSR count). The van der Waals surface area contributed by atoms with Crippen LogP contribution in [-0.4, -0.2) is 75.6 Å². The molecule has 0 bridgehead atoms. The minimum absolute atomic E-state index is 0.169. The molecule has 0 radical (unpaired) electrons. The number of aromatic nitrogens is 3. The number of rotatable bonds is 6. The van der Waals surface area contributed by atoms with E-state index < -0.39 is 0 Å². The lowest BCUT2D eigenvalue weighted by Gasteiger charge is -2.47. The molecule has 1 aromatic rings. The molecule has 2 amide bonds. The summed E-state index contributed by atoms with van der Waals surface area (Å²) in [6, 6.07) is 0.291. The van der Waals surface area contributed by atoms with Crippen molar-refractivity contribution in [3.8, 4) is 0 Å². The molecule has 132 valence electrons. The van der Waals surface area contributed by atoms with Gasteiger partial charge in [-0.3, -0.25) is 14.3 Å². The summed E-state index contributed by atoms with van der Waals surface area (Å²) in [7, 11) is 1.91. The number of amides is 2. The molecule has 2 atom stereocenters. The predicted octanol–water partition coefficient (Wildman–Crippen LogP) is -0.273. The van der Waals surface area contributed by atoms with Gasteiger partial charge in [0, 0.05) is 45.1 Å². The fraction of sp³-hybridized carbons (Fsp3) is 0.750. The third-order valence-electron chi connectivity index (χ3n) is 5.12. The number of carbonyl (C=O) groups excluding carboxylic acids is 2. The number of aryl methyl sites for hydroxylation is 1. The van der Waals surface area contributed by atoms with E-state index in [1.807, 2.05) is 16.8 Å². The van der Waals surface area contributed by atoms with Gasteiger partial charge in [0.05, 0.1) is 6.54 Å². The first-order valence-electron chi connectivity index (χ1n) is 8.73. The van der Waals surface area contributed by atoms with Crippen molar-refractivity contribution in [2.75, 3.05) is 33.2 Å². The zero-order valence-electron chi connectivity index (χ0n) is 14.2. The van der Waals surface area contributed by atoms with Crippen LogP contribution in [0.5, 0.6) is 0 Å². The molecule has 8 nitrogen and oxygen atoms in total. The molecule has 0 aromatic carbocycles. The van der Waals surface area contributed by atoms with Crippen molar-refractivity contribution in [2.24, 2.45) is 5.92 Å². The van der Waals surface area contributed by atoms with Gasteiger partial charge >= 0.3 is 0 Å². The largest absolute Gasteiger partial charge is 0.342 e. The van der Waals surface area contributed by atoms with Gasteiger partial charge in [-0.2, -0.15) is 5.10 Å². The lowest BCUT2D eigenvalue weighted by molar-refractivity contribution is -0.144. The molecular formula is C16H26N6O2. The summed E-state index contributed by atoms with van der Waals surface area (Å²) in [4.78, 5) is 32.5. The third-order valence-corrected chi connectivity index (χ3v) is 5.12. The van der Waals surface area contributed by atoms with Crippen molar-refractivity contribution >= 4 is 11.8 Å². The number of piperidine rings is 2. The van der Waals surface area contributed by atoms with Crippen LogP contribution in [0.1, 0.15) is 25.7 Å². The van der Waals surface area contributed by atoms with Crippen molar-refractivity contribution in [1.29, 1.82) is 0 Å². The third kappa shape index (κ3) is 3.75. The highest BCUT2D eigenvalue weighted by molar-refractivity contribution is 5.78. The lowest BCUT2D eigenvalue weighted by atomic mass is 9.83. The highest BCUT2D eigenvalue weighted by Crippen LogP contribution is 2.31. The number of likely N-dealkylation sites (N-methyl/N-ethyl adjacent to an activating group) is 1. The molecule has 0 saturated carbocycles. The van der Waals surface area contributed by atoms with E-state index in [1.54, 1.807) is 11.0 Å². The quantitative estimate of drug-likeness (QED) is 0.774. The first kappa shape index (κ1) is 16.9. The maximum atomic E-state index is 12.5. The first-order valence-corrected chi connectivity index (χ1v) is 8.73. The second-order valence-electron chi connectivity index (χ2n) is 6.59. The molecule has 0 spiro atoms. The maximum Gasteiger partial charge on any atom is 0.224 e. The van der Waals surface area contributed by atoms with E-state index in [2.05, 4.69) is 15.4 Å². The Morgan fingerprint density at radius 1 is 1.38 bits per heavy atom. The fourth-order valence-electron chi connectivity index (χ4n) is 3.82. The zero-order valence-corrected chi connectivity index (χ0v) is 14.2. The minimum Gasteiger partial charge on any atom is -0.342 e. The van der Waals surface area contributed by atoms with Crippen LogP contribution < -0.4 is 5.32 Å². The Kier molecular flexibility index (Phi) is 5.44. The fourth-order valence-corrected chi connectivity index (χ4v) is 3.82. The monoisotopic (exact) mass is 334 g/mol. The van der Waals surface area contributed by atoms with Crippen LogP contribution in [0.3, 0.4) is 0 Å². The smallest absolute Gasteiger partial charge is 0.224 e. The molecular weight excluding hydrogens is 308 g/mol. The van der Waals surface area contributed by atoms with Crippen LogP contribution in [-0.2, 0) is 16.1 Å².